The van der Waals surface area contributed by atoms with Crippen LogP contribution >= 0.6 is 0 Å². The van der Waals surface area contributed by atoms with Crippen molar-refractivity contribution in [2.24, 2.45) is 11.3 Å². The van der Waals surface area contributed by atoms with Crippen molar-refractivity contribution in [3.05, 3.63) is 0 Å². The van der Waals surface area contributed by atoms with Gasteiger partial charge in [-0.25, -0.2) is 0 Å². The average Bonchev–Trinajstić information content (AvgIpc) is 2.50. The maximum absolute atomic E-state index is 12.1. The Balaban J connectivity index is 2.00. The number of carbonyl (C=O) groups is 1. The Kier molecular flexibility index (Phi) is 2.60. The van der Waals surface area contributed by atoms with Gasteiger partial charge < -0.3 is 14.7 Å². The number of ketones is 1. The van der Waals surface area contributed by atoms with Crippen molar-refractivity contribution in [2.75, 3.05) is 40.0 Å². The van der Waals surface area contributed by atoms with Crippen LogP contribution in [0, 0.1) is 11.3 Å². The van der Waals surface area contributed by atoms with E-state index in [9.17, 15) is 9.90 Å². The molecule has 2 aliphatic rings. The molecule has 1 unspecified atom stereocenters. The second-order valence-corrected chi connectivity index (χ2v) is 4.54. The molecule has 4 nitrogen and oxygen atoms in total. The van der Waals surface area contributed by atoms with Crippen LogP contribution < -0.4 is 0 Å². The second-order valence-electron chi connectivity index (χ2n) is 4.54. The maximum Gasteiger partial charge on any atom is 0.150 e. The van der Waals surface area contributed by atoms with E-state index in [1.165, 1.54) is 0 Å². The summed E-state index contributed by atoms with van der Waals surface area (Å²) in [7, 11) is 2.02. The molecule has 0 spiro atoms. The minimum Gasteiger partial charge on any atom is -0.395 e. The van der Waals surface area contributed by atoms with Gasteiger partial charge in [0.1, 0.15) is 5.78 Å². The number of nitrogens with zero attached hydrogens (tertiary/aromatic N) is 1. The number of aliphatic hydroxyl groups excluding tert-OH is 1. The molecule has 2 heterocycles. The minimum atomic E-state index is -0.560. The van der Waals surface area contributed by atoms with Crippen LogP contribution in [0.25, 0.3) is 0 Å². The van der Waals surface area contributed by atoms with E-state index in [0.29, 0.717) is 13.2 Å². The van der Waals surface area contributed by atoms with E-state index < -0.39 is 5.41 Å². The number of aliphatic hydroxyl groups is 1. The van der Waals surface area contributed by atoms with Crippen molar-refractivity contribution >= 4 is 5.78 Å². The van der Waals surface area contributed by atoms with Crippen molar-refractivity contribution in [1.82, 2.24) is 4.90 Å². The van der Waals surface area contributed by atoms with Gasteiger partial charge in [-0.2, -0.15) is 0 Å². The lowest BCUT2D eigenvalue weighted by molar-refractivity contribution is -0.171. The molecular weight excluding hydrogens is 182 g/mol. The highest BCUT2D eigenvalue weighted by Crippen LogP contribution is 2.33. The van der Waals surface area contributed by atoms with Crippen LogP contribution in [0.3, 0.4) is 0 Å². The lowest BCUT2D eigenvalue weighted by Crippen LogP contribution is -2.54. The van der Waals surface area contributed by atoms with Gasteiger partial charge in [-0.1, -0.05) is 0 Å². The number of hydrogen-bond donors (Lipinski definition) is 1. The van der Waals surface area contributed by atoms with Gasteiger partial charge in [-0.15, -0.1) is 0 Å². The van der Waals surface area contributed by atoms with Crippen molar-refractivity contribution in [3.63, 3.8) is 0 Å². The van der Waals surface area contributed by atoms with E-state index in [0.717, 1.165) is 19.5 Å². The summed E-state index contributed by atoms with van der Waals surface area (Å²) in [6.45, 7) is 2.57. The third-order valence-electron chi connectivity index (χ3n) is 3.34. The highest BCUT2D eigenvalue weighted by atomic mass is 16.5. The predicted molar refractivity (Wildman–Crippen MR) is 50.9 cm³/mol. The zero-order chi connectivity index (χ0) is 10.2. The van der Waals surface area contributed by atoms with Gasteiger partial charge in [0, 0.05) is 12.5 Å². The highest BCUT2D eigenvalue weighted by molar-refractivity contribution is 5.88. The van der Waals surface area contributed by atoms with E-state index in [-0.39, 0.29) is 18.3 Å². The molecule has 0 bridgehead atoms. The smallest absolute Gasteiger partial charge is 0.150 e. The first-order valence-corrected chi connectivity index (χ1v) is 5.09. The molecule has 1 atom stereocenters. The largest absolute Gasteiger partial charge is 0.395 e. The van der Waals surface area contributed by atoms with E-state index in [1.54, 1.807) is 0 Å². The molecule has 0 aromatic heterocycles. The van der Waals surface area contributed by atoms with Crippen molar-refractivity contribution in [3.8, 4) is 0 Å². The Morgan fingerprint density at radius 3 is 2.71 bits per heavy atom. The van der Waals surface area contributed by atoms with Crippen molar-refractivity contribution in [2.45, 2.75) is 6.42 Å². The first-order valence-electron chi connectivity index (χ1n) is 5.09. The SMILES string of the molecule is CN1CCC(C(=O)C2(CO)COC2)C1. The zero-order valence-corrected chi connectivity index (χ0v) is 8.53. The fraction of sp³-hybridized carbons (Fsp3) is 0.900. The fourth-order valence-corrected chi connectivity index (χ4v) is 2.24. The Bertz CT molecular complexity index is 232. The van der Waals surface area contributed by atoms with Gasteiger partial charge in [-0.05, 0) is 20.0 Å². The first-order chi connectivity index (χ1) is 6.68. The molecule has 2 aliphatic heterocycles. The van der Waals surface area contributed by atoms with Crippen molar-refractivity contribution < 1.29 is 14.6 Å². The van der Waals surface area contributed by atoms with Crippen LogP contribution in [0.4, 0.5) is 0 Å². The summed E-state index contributed by atoms with van der Waals surface area (Å²) in [4.78, 5) is 14.2. The fourth-order valence-electron chi connectivity index (χ4n) is 2.24. The van der Waals surface area contributed by atoms with E-state index in [4.69, 9.17) is 4.74 Å². The van der Waals surface area contributed by atoms with Gasteiger partial charge in [0.15, 0.2) is 0 Å². The summed E-state index contributed by atoms with van der Waals surface area (Å²) in [6.07, 6.45) is 0.928. The lowest BCUT2D eigenvalue weighted by Gasteiger charge is -2.39. The molecule has 2 fully saturated rings. The molecule has 0 aliphatic carbocycles. The van der Waals surface area contributed by atoms with E-state index >= 15 is 0 Å². The Morgan fingerprint density at radius 1 is 1.64 bits per heavy atom. The summed E-state index contributed by atoms with van der Waals surface area (Å²) in [5.74, 6) is 0.312. The molecule has 80 valence electrons. The van der Waals surface area contributed by atoms with Crippen LogP contribution in [0.1, 0.15) is 6.42 Å². The molecule has 0 radical (unpaired) electrons. The molecular formula is C10H17NO3. The van der Waals surface area contributed by atoms with Gasteiger partial charge in [0.25, 0.3) is 0 Å². The van der Waals surface area contributed by atoms with Gasteiger partial charge in [-0.3, -0.25) is 4.79 Å². The van der Waals surface area contributed by atoms with Gasteiger partial charge in [0.05, 0.1) is 25.2 Å². The molecule has 14 heavy (non-hydrogen) atoms. The summed E-state index contributed by atoms with van der Waals surface area (Å²) in [6, 6.07) is 0. The van der Waals surface area contributed by atoms with Crippen LogP contribution in [-0.4, -0.2) is 55.7 Å². The molecule has 2 rings (SSSR count). The average molecular weight is 199 g/mol. The van der Waals surface area contributed by atoms with Crippen molar-refractivity contribution in [1.29, 1.82) is 0 Å². The number of rotatable bonds is 3. The first kappa shape index (κ1) is 10.1. The van der Waals surface area contributed by atoms with Crippen LogP contribution in [0.15, 0.2) is 0 Å². The lowest BCUT2D eigenvalue weighted by atomic mass is 9.76. The summed E-state index contributed by atoms with van der Waals surface area (Å²) >= 11 is 0. The van der Waals surface area contributed by atoms with Gasteiger partial charge in [0.2, 0.25) is 0 Å². The van der Waals surface area contributed by atoms with E-state index in [2.05, 4.69) is 4.90 Å². The number of ether oxygens (including phenoxy) is 1. The highest BCUT2D eigenvalue weighted by Gasteiger charge is 2.48. The second kappa shape index (κ2) is 3.61. The standard InChI is InChI=1S/C10H17NO3/c1-11-3-2-8(4-11)9(13)10(5-12)6-14-7-10/h8,12H,2-7H2,1H3. The summed E-state index contributed by atoms with van der Waals surface area (Å²) in [5.41, 5.74) is -0.560. The maximum atomic E-state index is 12.1. The summed E-state index contributed by atoms with van der Waals surface area (Å²) < 4.78 is 5.04. The quantitative estimate of drug-likeness (QED) is 0.666. The number of carbonyl (C=O) groups excluding carboxylic acids is 1. The molecule has 0 aromatic carbocycles. The number of Topliss-reactive ketones (excluding diaryl/α,β-unsaturated/α-hetero) is 1. The number of hydrogen-bond acceptors (Lipinski definition) is 4. The minimum absolute atomic E-state index is 0.0634. The Hall–Kier alpha value is -0.450. The predicted octanol–water partition coefficient (Wildman–Crippen LogP) is -0.484. The van der Waals surface area contributed by atoms with E-state index in [1.807, 2.05) is 7.05 Å². The molecule has 0 amide bonds. The normalized spacial score (nSPS) is 31.4. The third-order valence-corrected chi connectivity index (χ3v) is 3.34. The molecule has 0 saturated carbocycles. The molecule has 1 N–H and O–H groups in total. The monoisotopic (exact) mass is 199 g/mol. The van der Waals surface area contributed by atoms with Crippen LogP contribution in [0.5, 0.6) is 0 Å². The topological polar surface area (TPSA) is 49.8 Å². The zero-order valence-electron chi connectivity index (χ0n) is 8.53. The van der Waals surface area contributed by atoms with Crippen LogP contribution in [0.2, 0.25) is 0 Å². The molecule has 4 heteroatoms. The number of likely N-dealkylation sites (tertiary alicyclic amines) is 1. The summed E-state index contributed by atoms with van der Waals surface area (Å²) in [5, 5.41) is 9.22. The van der Waals surface area contributed by atoms with Gasteiger partial charge >= 0.3 is 0 Å². The third kappa shape index (κ3) is 1.47. The Labute approximate surface area is 83.8 Å². The van der Waals surface area contributed by atoms with Crippen LogP contribution in [-0.2, 0) is 9.53 Å². The molecule has 0 aromatic rings. The molecule has 2 saturated heterocycles. The Morgan fingerprint density at radius 2 is 2.36 bits per heavy atom.